The summed E-state index contributed by atoms with van der Waals surface area (Å²) in [5, 5.41) is 0. The molecule has 2 N–H and O–H groups in total. The van der Waals surface area contributed by atoms with Crippen molar-refractivity contribution in [2.45, 2.75) is 20.3 Å². The van der Waals surface area contributed by atoms with Crippen molar-refractivity contribution in [3.05, 3.63) is 23.4 Å². The Balaban J connectivity index is 2.74. The number of hydrogen-bond donors (Lipinski definition) is 1. The van der Waals surface area contributed by atoms with Crippen LogP contribution in [0.1, 0.15) is 20.3 Å². The molecule has 1 unspecified atom stereocenters. The monoisotopic (exact) mass is 123 g/mol. The van der Waals surface area contributed by atoms with Crippen molar-refractivity contribution in [2.75, 3.05) is 0 Å². The Morgan fingerprint density at radius 1 is 1.67 bits per heavy atom. The largest absolute Gasteiger partial charge is 0.399 e. The third kappa shape index (κ3) is 1.60. The zero-order valence-electron chi connectivity index (χ0n) is 6.02. The normalized spacial score (nSPS) is 27.1. The topological polar surface area (TPSA) is 26.0 Å². The first-order valence-electron chi connectivity index (χ1n) is 3.33. The molecule has 1 atom stereocenters. The van der Waals surface area contributed by atoms with Gasteiger partial charge in [0.1, 0.15) is 0 Å². The quantitative estimate of drug-likeness (QED) is 0.522. The Bertz CT molecular complexity index is 165. The van der Waals surface area contributed by atoms with E-state index in [0.29, 0.717) is 5.92 Å². The molecule has 9 heavy (non-hydrogen) atoms. The first kappa shape index (κ1) is 6.40. The summed E-state index contributed by atoms with van der Waals surface area (Å²) >= 11 is 0. The Morgan fingerprint density at radius 2 is 2.33 bits per heavy atom. The van der Waals surface area contributed by atoms with Crippen LogP contribution in [0.25, 0.3) is 0 Å². The molecule has 0 aliphatic heterocycles. The van der Waals surface area contributed by atoms with E-state index in [9.17, 15) is 0 Å². The molecule has 0 aromatic heterocycles. The Kier molecular flexibility index (Phi) is 1.60. The zero-order chi connectivity index (χ0) is 6.85. The van der Waals surface area contributed by atoms with Crippen LogP contribution >= 0.6 is 0 Å². The molecule has 0 aromatic carbocycles. The van der Waals surface area contributed by atoms with Crippen LogP contribution in [0.5, 0.6) is 0 Å². The van der Waals surface area contributed by atoms with Gasteiger partial charge in [0.15, 0.2) is 0 Å². The minimum Gasteiger partial charge on any atom is -0.399 e. The molecule has 0 bridgehead atoms. The van der Waals surface area contributed by atoms with E-state index < -0.39 is 0 Å². The minimum absolute atomic E-state index is 0.634. The smallest absolute Gasteiger partial charge is 0.0275 e. The summed E-state index contributed by atoms with van der Waals surface area (Å²) in [4.78, 5) is 0. The van der Waals surface area contributed by atoms with E-state index >= 15 is 0 Å². The Labute approximate surface area is 56.2 Å². The van der Waals surface area contributed by atoms with E-state index in [2.05, 4.69) is 19.9 Å². The molecule has 0 saturated carbocycles. The van der Waals surface area contributed by atoms with Crippen molar-refractivity contribution in [3.63, 3.8) is 0 Å². The highest BCUT2D eigenvalue weighted by atomic mass is 14.6. The van der Waals surface area contributed by atoms with Crippen LogP contribution in [0.2, 0.25) is 0 Å². The second-order valence-corrected chi connectivity index (χ2v) is 2.84. The van der Waals surface area contributed by atoms with Crippen molar-refractivity contribution in [1.82, 2.24) is 0 Å². The van der Waals surface area contributed by atoms with Crippen molar-refractivity contribution in [3.8, 4) is 0 Å². The molecule has 0 radical (unpaired) electrons. The van der Waals surface area contributed by atoms with Gasteiger partial charge in [-0.1, -0.05) is 18.6 Å². The third-order valence-electron chi connectivity index (χ3n) is 1.53. The van der Waals surface area contributed by atoms with Crippen molar-refractivity contribution in [2.24, 2.45) is 11.7 Å². The van der Waals surface area contributed by atoms with Crippen LogP contribution in [0.15, 0.2) is 23.4 Å². The first-order valence-corrected chi connectivity index (χ1v) is 3.33. The molecular weight excluding hydrogens is 110 g/mol. The lowest BCUT2D eigenvalue weighted by atomic mass is 9.96. The van der Waals surface area contributed by atoms with Gasteiger partial charge in [-0.25, -0.2) is 0 Å². The standard InChI is InChI=1S/C8H13N/c1-6-3-7(2)5-8(9)4-6/h4-6H,3,9H2,1-2H3. The van der Waals surface area contributed by atoms with Gasteiger partial charge in [-0.2, -0.15) is 0 Å². The summed E-state index contributed by atoms with van der Waals surface area (Å²) in [7, 11) is 0. The number of nitrogens with two attached hydrogens (primary N) is 1. The average Bonchev–Trinajstić information content (AvgIpc) is 1.59. The number of allylic oxidation sites excluding steroid dienone is 3. The van der Waals surface area contributed by atoms with Gasteiger partial charge >= 0.3 is 0 Å². The summed E-state index contributed by atoms with van der Waals surface area (Å²) in [5.41, 5.74) is 7.91. The van der Waals surface area contributed by atoms with Crippen molar-refractivity contribution < 1.29 is 0 Å². The van der Waals surface area contributed by atoms with Crippen LogP contribution in [0.4, 0.5) is 0 Å². The first-order chi connectivity index (χ1) is 4.18. The predicted molar refractivity (Wildman–Crippen MR) is 39.8 cm³/mol. The van der Waals surface area contributed by atoms with Crippen LogP contribution < -0.4 is 5.73 Å². The molecule has 1 aliphatic rings. The summed E-state index contributed by atoms with van der Waals surface area (Å²) in [6.07, 6.45) is 5.31. The summed E-state index contributed by atoms with van der Waals surface area (Å²) in [6, 6.07) is 0. The van der Waals surface area contributed by atoms with Gasteiger partial charge in [0.2, 0.25) is 0 Å². The van der Waals surface area contributed by atoms with Crippen LogP contribution in [0, 0.1) is 5.92 Å². The highest BCUT2D eigenvalue weighted by Gasteiger charge is 2.04. The maximum atomic E-state index is 5.60. The molecule has 1 rings (SSSR count). The van der Waals surface area contributed by atoms with Gasteiger partial charge < -0.3 is 5.73 Å². The van der Waals surface area contributed by atoms with Crippen LogP contribution in [-0.4, -0.2) is 0 Å². The van der Waals surface area contributed by atoms with Gasteiger partial charge in [0.05, 0.1) is 0 Å². The fourth-order valence-electron chi connectivity index (χ4n) is 1.29. The lowest BCUT2D eigenvalue weighted by Crippen LogP contribution is -2.04. The van der Waals surface area contributed by atoms with Crippen LogP contribution in [-0.2, 0) is 0 Å². The molecule has 0 fully saturated rings. The molecule has 0 amide bonds. The average molecular weight is 123 g/mol. The lowest BCUT2D eigenvalue weighted by molar-refractivity contribution is 0.698. The van der Waals surface area contributed by atoms with E-state index in [0.717, 1.165) is 5.70 Å². The van der Waals surface area contributed by atoms with Crippen molar-refractivity contribution >= 4 is 0 Å². The number of rotatable bonds is 0. The second-order valence-electron chi connectivity index (χ2n) is 2.84. The van der Waals surface area contributed by atoms with E-state index in [1.54, 1.807) is 0 Å². The molecule has 0 saturated heterocycles. The molecule has 0 heterocycles. The maximum Gasteiger partial charge on any atom is 0.0275 e. The molecule has 0 spiro atoms. The van der Waals surface area contributed by atoms with Gasteiger partial charge in [-0.05, 0) is 25.3 Å². The van der Waals surface area contributed by atoms with Crippen LogP contribution in [0.3, 0.4) is 0 Å². The van der Waals surface area contributed by atoms with Gasteiger partial charge in [-0.3, -0.25) is 0 Å². The van der Waals surface area contributed by atoms with Gasteiger partial charge in [0.25, 0.3) is 0 Å². The molecule has 1 heteroatoms. The molecule has 0 aromatic rings. The maximum absolute atomic E-state index is 5.60. The molecule has 1 nitrogen and oxygen atoms in total. The van der Waals surface area contributed by atoms with E-state index in [1.807, 2.05) is 6.08 Å². The van der Waals surface area contributed by atoms with Crippen molar-refractivity contribution in [1.29, 1.82) is 0 Å². The van der Waals surface area contributed by atoms with E-state index in [1.165, 1.54) is 12.0 Å². The molecule has 50 valence electrons. The van der Waals surface area contributed by atoms with Gasteiger partial charge in [-0.15, -0.1) is 0 Å². The zero-order valence-corrected chi connectivity index (χ0v) is 6.02. The van der Waals surface area contributed by atoms with Gasteiger partial charge in [0, 0.05) is 5.70 Å². The Hall–Kier alpha value is -0.720. The molecule has 1 aliphatic carbocycles. The summed E-state index contributed by atoms with van der Waals surface area (Å²) in [6.45, 7) is 4.31. The lowest BCUT2D eigenvalue weighted by Gasteiger charge is -2.12. The predicted octanol–water partition coefficient (Wildman–Crippen LogP) is 1.82. The number of hydrogen-bond acceptors (Lipinski definition) is 1. The second kappa shape index (κ2) is 2.26. The SMILES string of the molecule is CC1=CC(N)=CC(C)C1. The Morgan fingerprint density at radius 3 is 2.78 bits per heavy atom. The highest BCUT2D eigenvalue weighted by molar-refractivity contribution is 5.25. The van der Waals surface area contributed by atoms with E-state index in [-0.39, 0.29) is 0 Å². The highest BCUT2D eigenvalue weighted by Crippen LogP contribution is 2.18. The summed E-state index contributed by atoms with van der Waals surface area (Å²) in [5.74, 6) is 0.634. The summed E-state index contributed by atoms with van der Waals surface area (Å²) < 4.78 is 0. The third-order valence-corrected chi connectivity index (χ3v) is 1.53. The minimum atomic E-state index is 0.634. The molecular formula is C8H13N. The van der Waals surface area contributed by atoms with E-state index in [4.69, 9.17) is 5.73 Å². The fourth-order valence-corrected chi connectivity index (χ4v) is 1.29. The fraction of sp³-hybridized carbons (Fsp3) is 0.500.